The standard InChI is InChI=1S/C21H15BrN4O2S/c1-2-10-25-15-9-8-13(22)11-14(15)16(19(25)27)17-20(28)26-21(29-17)23-18(24-26)12-6-4-3-5-7-12/h3-9,11H,2,10H2,1H3. The van der Waals surface area contributed by atoms with Crippen molar-refractivity contribution in [2.24, 2.45) is 0 Å². The maximum Gasteiger partial charge on any atom is 0.291 e. The highest BCUT2D eigenvalue weighted by atomic mass is 79.9. The van der Waals surface area contributed by atoms with E-state index in [1.54, 1.807) is 4.90 Å². The topological polar surface area (TPSA) is 67.6 Å². The van der Waals surface area contributed by atoms with Crippen LogP contribution >= 0.6 is 27.3 Å². The molecule has 0 atom stereocenters. The lowest BCUT2D eigenvalue weighted by molar-refractivity contribution is -0.113. The highest BCUT2D eigenvalue weighted by Gasteiger charge is 2.34. The molecule has 0 saturated carbocycles. The first-order valence-corrected chi connectivity index (χ1v) is 10.8. The van der Waals surface area contributed by atoms with E-state index in [-0.39, 0.29) is 11.5 Å². The largest absolute Gasteiger partial charge is 0.308 e. The second-order valence-electron chi connectivity index (χ2n) is 6.73. The summed E-state index contributed by atoms with van der Waals surface area (Å²) >= 11 is 4.68. The summed E-state index contributed by atoms with van der Waals surface area (Å²) in [5.41, 5.74) is 2.56. The van der Waals surface area contributed by atoms with Crippen molar-refractivity contribution >= 4 is 49.4 Å². The molecule has 1 amide bonds. The number of carbonyl (C=O) groups is 1. The molecule has 8 heteroatoms. The molecule has 144 valence electrons. The molecule has 29 heavy (non-hydrogen) atoms. The fourth-order valence-electron chi connectivity index (χ4n) is 3.56. The fourth-order valence-corrected chi connectivity index (χ4v) is 4.92. The Morgan fingerprint density at radius 3 is 2.62 bits per heavy atom. The number of hydrogen-bond acceptors (Lipinski definition) is 5. The van der Waals surface area contributed by atoms with Crippen LogP contribution in [0, 0.1) is 0 Å². The molecule has 3 heterocycles. The zero-order valence-electron chi connectivity index (χ0n) is 15.4. The van der Waals surface area contributed by atoms with E-state index in [9.17, 15) is 9.59 Å². The van der Waals surface area contributed by atoms with E-state index in [1.165, 1.54) is 15.9 Å². The van der Waals surface area contributed by atoms with Gasteiger partial charge in [-0.25, -0.2) is 0 Å². The Bertz CT molecular complexity index is 1380. The Labute approximate surface area is 178 Å². The van der Waals surface area contributed by atoms with Crippen LogP contribution in [-0.4, -0.2) is 27.0 Å². The smallest absolute Gasteiger partial charge is 0.291 e. The third kappa shape index (κ3) is 2.82. The van der Waals surface area contributed by atoms with Gasteiger partial charge in [0.2, 0.25) is 4.96 Å². The fraction of sp³-hybridized carbons (Fsp3) is 0.143. The van der Waals surface area contributed by atoms with E-state index in [2.05, 4.69) is 26.0 Å². The molecular weight excluding hydrogens is 452 g/mol. The van der Waals surface area contributed by atoms with Gasteiger partial charge < -0.3 is 4.90 Å². The number of hydrogen-bond donors (Lipinski definition) is 0. The number of fused-ring (bicyclic) bond motifs is 2. The first-order chi connectivity index (χ1) is 14.1. The molecule has 1 aliphatic heterocycles. The normalized spacial score (nSPS) is 15.4. The maximum absolute atomic E-state index is 13.2. The number of rotatable bonds is 3. The van der Waals surface area contributed by atoms with Gasteiger partial charge in [-0.1, -0.05) is 64.5 Å². The molecule has 0 aliphatic carbocycles. The van der Waals surface area contributed by atoms with E-state index in [0.717, 1.165) is 27.7 Å². The van der Waals surface area contributed by atoms with Gasteiger partial charge >= 0.3 is 0 Å². The average Bonchev–Trinajstić information content (AvgIpc) is 3.35. The molecule has 0 unspecified atom stereocenters. The van der Waals surface area contributed by atoms with Crippen LogP contribution in [0.5, 0.6) is 0 Å². The van der Waals surface area contributed by atoms with Crippen LogP contribution in [-0.2, 0) is 4.79 Å². The predicted octanol–water partition coefficient (Wildman–Crippen LogP) is 3.26. The summed E-state index contributed by atoms with van der Waals surface area (Å²) in [6, 6.07) is 15.2. The molecule has 0 saturated heterocycles. The summed E-state index contributed by atoms with van der Waals surface area (Å²) in [5, 5.41) is 4.38. The number of benzene rings is 2. The lowest BCUT2D eigenvalue weighted by Gasteiger charge is -2.15. The first-order valence-electron chi connectivity index (χ1n) is 9.19. The second kappa shape index (κ2) is 6.89. The first kappa shape index (κ1) is 18.2. The molecular formula is C21H15BrN4O2S. The lowest BCUT2D eigenvalue weighted by Crippen LogP contribution is -2.32. The van der Waals surface area contributed by atoms with Gasteiger partial charge in [0.05, 0.1) is 11.3 Å². The molecule has 4 aromatic rings. The van der Waals surface area contributed by atoms with Crippen molar-refractivity contribution in [3.63, 3.8) is 0 Å². The van der Waals surface area contributed by atoms with Crippen molar-refractivity contribution in [3.8, 4) is 11.4 Å². The number of thiazole rings is 1. The van der Waals surface area contributed by atoms with Gasteiger partial charge in [0.25, 0.3) is 11.5 Å². The Morgan fingerprint density at radius 2 is 1.90 bits per heavy atom. The summed E-state index contributed by atoms with van der Waals surface area (Å²) in [7, 11) is 0. The zero-order valence-corrected chi connectivity index (χ0v) is 17.8. The van der Waals surface area contributed by atoms with Crippen molar-refractivity contribution in [3.05, 3.63) is 73.5 Å². The third-order valence-corrected chi connectivity index (χ3v) is 6.36. The SMILES string of the molecule is CCCN1C(=O)C(=c2sc3nc(-c4ccccc4)nn3c2=O)c2cc(Br)ccc21. The summed E-state index contributed by atoms with van der Waals surface area (Å²) in [4.78, 5) is 33.1. The highest BCUT2D eigenvalue weighted by molar-refractivity contribution is 9.10. The average molecular weight is 467 g/mol. The van der Waals surface area contributed by atoms with Gasteiger partial charge in [-0.15, -0.1) is 5.10 Å². The van der Waals surface area contributed by atoms with Gasteiger partial charge in [0.15, 0.2) is 5.82 Å². The van der Waals surface area contributed by atoms with Crippen LogP contribution in [0.2, 0.25) is 0 Å². The molecule has 5 rings (SSSR count). The van der Waals surface area contributed by atoms with Crippen molar-refractivity contribution in [1.82, 2.24) is 14.6 Å². The Balaban J connectivity index is 1.75. The summed E-state index contributed by atoms with van der Waals surface area (Å²) in [6.45, 7) is 2.63. The quantitative estimate of drug-likeness (QED) is 0.464. The molecule has 0 bridgehead atoms. The number of halogens is 1. The van der Waals surface area contributed by atoms with E-state index < -0.39 is 0 Å². The predicted molar refractivity (Wildman–Crippen MR) is 117 cm³/mol. The summed E-state index contributed by atoms with van der Waals surface area (Å²) in [5.74, 6) is 0.351. The number of anilines is 1. The zero-order chi connectivity index (χ0) is 20.1. The van der Waals surface area contributed by atoms with E-state index in [1.807, 2.05) is 55.5 Å². The Kier molecular flexibility index (Phi) is 4.33. The molecule has 0 spiro atoms. The molecule has 0 N–H and O–H groups in total. The van der Waals surface area contributed by atoms with Crippen molar-refractivity contribution < 1.29 is 4.79 Å². The van der Waals surface area contributed by atoms with Crippen LogP contribution in [0.25, 0.3) is 21.9 Å². The van der Waals surface area contributed by atoms with Crippen LogP contribution in [0.4, 0.5) is 5.69 Å². The van der Waals surface area contributed by atoms with Gasteiger partial charge in [-0.3, -0.25) is 9.59 Å². The third-order valence-electron chi connectivity index (χ3n) is 4.84. The molecule has 2 aromatic heterocycles. The second-order valence-corrected chi connectivity index (χ2v) is 8.62. The van der Waals surface area contributed by atoms with Gasteiger partial charge in [-0.2, -0.15) is 9.50 Å². The molecule has 0 radical (unpaired) electrons. The van der Waals surface area contributed by atoms with Gasteiger partial charge in [0, 0.05) is 22.1 Å². The Morgan fingerprint density at radius 1 is 1.10 bits per heavy atom. The van der Waals surface area contributed by atoms with Crippen molar-refractivity contribution in [2.75, 3.05) is 11.4 Å². The van der Waals surface area contributed by atoms with Crippen LogP contribution < -0.4 is 15.0 Å². The Hall–Kier alpha value is -2.84. The highest BCUT2D eigenvalue weighted by Crippen LogP contribution is 2.37. The lowest BCUT2D eigenvalue weighted by atomic mass is 10.1. The monoisotopic (exact) mass is 466 g/mol. The summed E-state index contributed by atoms with van der Waals surface area (Å²) in [6.07, 6.45) is 0.828. The van der Waals surface area contributed by atoms with Crippen LogP contribution in [0.1, 0.15) is 18.9 Å². The molecule has 1 aliphatic rings. The van der Waals surface area contributed by atoms with Crippen LogP contribution in [0.3, 0.4) is 0 Å². The van der Waals surface area contributed by atoms with E-state index in [0.29, 0.717) is 27.4 Å². The number of amides is 1. The van der Waals surface area contributed by atoms with E-state index >= 15 is 0 Å². The maximum atomic E-state index is 13.2. The molecule has 6 nitrogen and oxygen atoms in total. The van der Waals surface area contributed by atoms with Gasteiger partial charge in [0.1, 0.15) is 4.53 Å². The number of carbonyl (C=O) groups excluding carboxylic acids is 1. The van der Waals surface area contributed by atoms with Crippen molar-refractivity contribution in [1.29, 1.82) is 0 Å². The number of aromatic nitrogens is 3. The molecule has 0 fully saturated rings. The summed E-state index contributed by atoms with van der Waals surface area (Å²) < 4.78 is 2.53. The van der Waals surface area contributed by atoms with E-state index in [4.69, 9.17) is 0 Å². The molecule has 2 aromatic carbocycles. The number of nitrogens with zero attached hydrogens (tertiary/aromatic N) is 4. The van der Waals surface area contributed by atoms with Crippen molar-refractivity contribution in [2.45, 2.75) is 13.3 Å². The van der Waals surface area contributed by atoms with Crippen LogP contribution in [0.15, 0.2) is 57.8 Å². The van der Waals surface area contributed by atoms with Gasteiger partial charge in [-0.05, 0) is 24.6 Å². The minimum Gasteiger partial charge on any atom is -0.308 e. The minimum absolute atomic E-state index is 0.148. The minimum atomic E-state index is -0.313.